The maximum atomic E-state index is 12.6. The molecule has 7 nitrogen and oxygen atoms in total. The summed E-state index contributed by atoms with van der Waals surface area (Å²) in [4.78, 5) is 37.0. The molecule has 7 heteroatoms. The van der Waals surface area contributed by atoms with Gasteiger partial charge in [-0.25, -0.2) is 14.8 Å². The summed E-state index contributed by atoms with van der Waals surface area (Å²) in [5.41, 5.74) is 3.87. The quantitative estimate of drug-likeness (QED) is 0.895. The van der Waals surface area contributed by atoms with Crippen LogP contribution in [0.3, 0.4) is 0 Å². The molecule has 1 N–H and O–H groups in total. The second kappa shape index (κ2) is 7.27. The van der Waals surface area contributed by atoms with Crippen LogP contribution in [-0.2, 0) is 0 Å². The third-order valence-electron chi connectivity index (χ3n) is 4.82. The normalized spacial score (nSPS) is 15.2. The minimum atomic E-state index is -0.107. The summed E-state index contributed by atoms with van der Waals surface area (Å²) in [6, 6.07) is 5.51. The van der Waals surface area contributed by atoms with Gasteiger partial charge in [-0.1, -0.05) is 0 Å². The molecule has 3 amide bonds. The van der Waals surface area contributed by atoms with E-state index >= 15 is 0 Å². The van der Waals surface area contributed by atoms with Crippen LogP contribution in [0.15, 0.2) is 18.2 Å². The van der Waals surface area contributed by atoms with Gasteiger partial charge >= 0.3 is 6.03 Å². The highest BCUT2D eigenvalue weighted by atomic mass is 16.2. The van der Waals surface area contributed by atoms with Crippen molar-refractivity contribution in [3.63, 3.8) is 0 Å². The molecule has 2 aromatic rings. The smallest absolute Gasteiger partial charge is 0.319 e. The van der Waals surface area contributed by atoms with Crippen molar-refractivity contribution in [2.45, 2.75) is 32.7 Å². The summed E-state index contributed by atoms with van der Waals surface area (Å²) in [5.74, 6) is -0.107. The van der Waals surface area contributed by atoms with Crippen LogP contribution in [0.1, 0.15) is 34.6 Å². The SMILES string of the molecule is Cc1nc2ccc(C(=O)NC3CCN(C(=O)N(C)C)CC3)cc2nc1C. The van der Waals surface area contributed by atoms with Crippen LogP contribution in [0.2, 0.25) is 0 Å². The fraction of sp³-hybridized carbons (Fsp3) is 0.474. The zero-order valence-electron chi connectivity index (χ0n) is 15.7. The van der Waals surface area contributed by atoms with Gasteiger partial charge in [-0.2, -0.15) is 0 Å². The van der Waals surface area contributed by atoms with Crippen LogP contribution in [0.25, 0.3) is 11.0 Å². The van der Waals surface area contributed by atoms with E-state index in [0.29, 0.717) is 18.7 Å². The second-order valence-corrected chi connectivity index (χ2v) is 7.01. The number of piperidine rings is 1. The van der Waals surface area contributed by atoms with Gasteiger partial charge in [0.2, 0.25) is 0 Å². The standard InChI is InChI=1S/C19H25N5O2/c1-12-13(2)21-17-11-14(5-6-16(17)20-12)18(25)22-15-7-9-24(10-8-15)19(26)23(3)4/h5-6,11,15H,7-10H2,1-4H3,(H,22,25). The highest BCUT2D eigenvalue weighted by Gasteiger charge is 2.25. The van der Waals surface area contributed by atoms with Crippen molar-refractivity contribution in [3.8, 4) is 0 Å². The van der Waals surface area contributed by atoms with E-state index in [1.165, 1.54) is 0 Å². The Morgan fingerprint density at radius 3 is 2.31 bits per heavy atom. The molecule has 2 heterocycles. The molecular formula is C19H25N5O2. The molecule has 1 aliphatic heterocycles. The van der Waals surface area contributed by atoms with Crippen molar-refractivity contribution in [1.29, 1.82) is 0 Å². The Balaban J connectivity index is 1.65. The minimum absolute atomic E-state index is 0.0218. The van der Waals surface area contributed by atoms with Crippen LogP contribution < -0.4 is 5.32 Å². The summed E-state index contributed by atoms with van der Waals surface area (Å²) < 4.78 is 0. The topological polar surface area (TPSA) is 78.4 Å². The number of hydrogen-bond donors (Lipinski definition) is 1. The third kappa shape index (κ3) is 3.76. The predicted molar refractivity (Wildman–Crippen MR) is 100 cm³/mol. The fourth-order valence-electron chi connectivity index (χ4n) is 3.14. The molecular weight excluding hydrogens is 330 g/mol. The molecule has 26 heavy (non-hydrogen) atoms. The molecule has 0 atom stereocenters. The van der Waals surface area contributed by atoms with Crippen molar-refractivity contribution in [2.75, 3.05) is 27.2 Å². The summed E-state index contributed by atoms with van der Waals surface area (Å²) in [6.07, 6.45) is 1.52. The Labute approximate surface area is 153 Å². The number of amides is 3. The Hall–Kier alpha value is -2.70. The maximum Gasteiger partial charge on any atom is 0.319 e. The Morgan fingerprint density at radius 2 is 1.69 bits per heavy atom. The van der Waals surface area contributed by atoms with Gasteiger partial charge < -0.3 is 15.1 Å². The first-order chi connectivity index (χ1) is 12.3. The summed E-state index contributed by atoms with van der Waals surface area (Å²) in [5, 5.41) is 3.08. The predicted octanol–water partition coefficient (Wildman–Crippen LogP) is 2.12. The molecule has 1 aromatic heterocycles. The molecule has 0 unspecified atom stereocenters. The van der Waals surface area contributed by atoms with Crippen LogP contribution in [0.5, 0.6) is 0 Å². The Bertz CT molecular complexity index is 841. The summed E-state index contributed by atoms with van der Waals surface area (Å²) in [6.45, 7) is 5.15. The highest BCUT2D eigenvalue weighted by molar-refractivity contribution is 5.97. The molecule has 0 saturated carbocycles. The molecule has 3 rings (SSSR count). The maximum absolute atomic E-state index is 12.6. The molecule has 0 aliphatic carbocycles. The summed E-state index contributed by atoms with van der Waals surface area (Å²) in [7, 11) is 3.50. The molecule has 1 saturated heterocycles. The van der Waals surface area contributed by atoms with Crippen molar-refractivity contribution in [1.82, 2.24) is 25.1 Å². The molecule has 0 bridgehead atoms. The van der Waals surface area contributed by atoms with Crippen LogP contribution >= 0.6 is 0 Å². The number of urea groups is 1. The van der Waals surface area contributed by atoms with Crippen molar-refractivity contribution in [3.05, 3.63) is 35.2 Å². The van der Waals surface area contributed by atoms with Gasteiger partial charge in [-0.3, -0.25) is 4.79 Å². The van der Waals surface area contributed by atoms with Gasteiger partial charge in [0.05, 0.1) is 22.4 Å². The lowest BCUT2D eigenvalue weighted by atomic mass is 10.0. The monoisotopic (exact) mass is 355 g/mol. The van der Waals surface area contributed by atoms with Crippen LogP contribution in [0, 0.1) is 13.8 Å². The average Bonchev–Trinajstić information content (AvgIpc) is 2.62. The third-order valence-corrected chi connectivity index (χ3v) is 4.82. The van der Waals surface area contributed by atoms with Gasteiger partial charge in [0.15, 0.2) is 0 Å². The van der Waals surface area contributed by atoms with Gasteiger partial charge in [-0.15, -0.1) is 0 Å². The summed E-state index contributed by atoms with van der Waals surface area (Å²) >= 11 is 0. The molecule has 1 aromatic carbocycles. The highest BCUT2D eigenvalue weighted by Crippen LogP contribution is 2.16. The first kappa shape index (κ1) is 18.1. The van der Waals surface area contributed by atoms with E-state index < -0.39 is 0 Å². The average molecular weight is 355 g/mol. The minimum Gasteiger partial charge on any atom is -0.349 e. The lowest BCUT2D eigenvalue weighted by Crippen LogP contribution is -2.49. The van der Waals surface area contributed by atoms with Gasteiger partial charge in [0.25, 0.3) is 5.91 Å². The molecule has 1 aliphatic rings. The molecule has 0 spiro atoms. The zero-order valence-corrected chi connectivity index (χ0v) is 15.7. The van der Waals surface area contributed by atoms with Gasteiger partial charge in [-0.05, 0) is 44.9 Å². The van der Waals surface area contributed by atoms with Crippen molar-refractivity contribution in [2.24, 2.45) is 0 Å². The lowest BCUT2D eigenvalue weighted by molar-refractivity contribution is 0.0914. The number of benzene rings is 1. The van der Waals surface area contributed by atoms with Gasteiger partial charge in [0.1, 0.15) is 0 Å². The first-order valence-corrected chi connectivity index (χ1v) is 8.87. The number of nitrogens with zero attached hydrogens (tertiary/aromatic N) is 4. The van der Waals surface area contributed by atoms with E-state index in [-0.39, 0.29) is 18.0 Å². The van der Waals surface area contributed by atoms with E-state index in [1.807, 2.05) is 24.8 Å². The Kier molecular flexibility index (Phi) is 5.06. The van der Waals surface area contributed by atoms with Crippen molar-refractivity contribution >= 4 is 23.0 Å². The number of carbonyl (C=O) groups is 2. The number of likely N-dealkylation sites (tertiary alicyclic amines) is 1. The number of nitrogens with one attached hydrogen (secondary N) is 1. The van der Waals surface area contributed by atoms with Crippen LogP contribution in [0.4, 0.5) is 4.79 Å². The second-order valence-electron chi connectivity index (χ2n) is 7.01. The van der Waals surface area contributed by atoms with Crippen LogP contribution in [-0.4, -0.2) is 64.9 Å². The fourth-order valence-corrected chi connectivity index (χ4v) is 3.14. The van der Waals surface area contributed by atoms with Gasteiger partial charge in [0, 0.05) is 38.8 Å². The van der Waals surface area contributed by atoms with E-state index in [0.717, 1.165) is 35.3 Å². The van der Waals surface area contributed by atoms with E-state index in [2.05, 4.69) is 15.3 Å². The first-order valence-electron chi connectivity index (χ1n) is 8.87. The Morgan fingerprint density at radius 1 is 1.08 bits per heavy atom. The molecule has 0 radical (unpaired) electrons. The number of carbonyl (C=O) groups excluding carboxylic acids is 2. The zero-order chi connectivity index (χ0) is 18.8. The molecule has 138 valence electrons. The lowest BCUT2D eigenvalue weighted by Gasteiger charge is -2.33. The van der Waals surface area contributed by atoms with E-state index in [9.17, 15) is 9.59 Å². The number of fused-ring (bicyclic) bond motifs is 1. The number of aryl methyl sites for hydroxylation is 2. The van der Waals surface area contributed by atoms with E-state index in [4.69, 9.17) is 0 Å². The van der Waals surface area contributed by atoms with E-state index in [1.54, 1.807) is 31.1 Å². The number of hydrogen-bond acceptors (Lipinski definition) is 4. The largest absolute Gasteiger partial charge is 0.349 e. The number of rotatable bonds is 2. The number of aromatic nitrogens is 2. The van der Waals surface area contributed by atoms with Crippen molar-refractivity contribution < 1.29 is 9.59 Å². The molecule has 1 fully saturated rings.